The number of rotatable bonds is 3. The van der Waals surface area contributed by atoms with Gasteiger partial charge >= 0.3 is 12.1 Å². The van der Waals surface area contributed by atoms with Crippen LogP contribution in [-0.2, 0) is 6.18 Å². The molecule has 0 aliphatic rings. The number of aromatic nitrogens is 1. The molecule has 1 aromatic carbocycles. The van der Waals surface area contributed by atoms with Gasteiger partial charge in [0.15, 0.2) is 0 Å². The van der Waals surface area contributed by atoms with Crippen molar-refractivity contribution in [3.8, 4) is 0 Å². The number of aryl methyl sites for hydroxylation is 1. The zero-order chi connectivity index (χ0) is 17.2. The van der Waals surface area contributed by atoms with E-state index in [9.17, 15) is 22.8 Å². The smallest absolute Gasteiger partial charge is 0.433 e. The molecule has 23 heavy (non-hydrogen) atoms. The van der Waals surface area contributed by atoms with Gasteiger partial charge in [-0.2, -0.15) is 13.2 Å². The van der Waals surface area contributed by atoms with E-state index >= 15 is 0 Å². The molecule has 0 bridgehead atoms. The summed E-state index contributed by atoms with van der Waals surface area (Å²) in [6.45, 7) is 1.29. The molecule has 5 nitrogen and oxygen atoms in total. The Morgan fingerprint density at radius 1 is 1.17 bits per heavy atom. The summed E-state index contributed by atoms with van der Waals surface area (Å²) in [6.07, 6.45) is -4.59. The van der Waals surface area contributed by atoms with Crippen LogP contribution in [0.2, 0.25) is 0 Å². The van der Waals surface area contributed by atoms with Gasteiger partial charge in [0.05, 0.1) is 16.8 Å². The molecule has 2 aromatic rings. The van der Waals surface area contributed by atoms with Gasteiger partial charge in [0.25, 0.3) is 5.91 Å². The lowest BCUT2D eigenvalue weighted by molar-refractivity contribution is -0.141. The van der Waals surface area contributed by atoms with E-state index in [-0.39, 0.29) is 22.5 Å². The number of nitrogens with one attached hydrogen (secondary N) is 1. The number of benzene rings is 1. The number of hydrogen-bond acceptors (Lipinski definition) is 3. The highest BCUT2D eigenvalue weighted by atomic mass is 19.4. The summed E-state index contributed by atoms with van der Waals surface area (Å²) in [7, 11) is 0. The van der Waals surface area contributed by atoms with Crippen molar-refractivity contribution in [3.63, 3.8) is 0 Å². The molecule has 1 heterocycles. The van der Waals surface area contributed by atoms with Crippen LogP contribution in [0.25, 0.3) is 0 Å². The minimum atomic E-state index is -4.59. The van der Waals surface area contributed by atoms with Crippen molar-refractivity contribution in [2.45, 2.75) is 13.1 Å². The fraction of sp³-hybridized carbons (Fsp3) is 0.133. The number of alkyl halides is 3. The first-order chi connectivity index (χ1) is 10.7. The third-order valence-electron chi connectivity index (χ3n) is 2.99. The summed E-state index contributed by atoms with van der Waals surface area (Å²) in [5.41, 5.74) is -0.996. The van der Waals surface area contributed by atoms with Gasteiger partial charge in [-0.3, -0.25) is 4.79 Å². The molecule has 1 amide bonds. The Bertz CT molecular complexity index is 773. The molecule has 8 heteroatoms. The van der Waals surface area contributed by atoms with E-state index in [2.05, 4.69) is 10.3 Å². The highest BCUT2D eigenvalue weighted by Gasteiger charge is 2.33. The largest absolute Gasteiger partial charge is 0.478 e. The van der Waals surface area contributed by atoms with Crippen molar-refractivity contribution in [2.24, 2.45) is 0 Å². The Morgan fingerprint density at radius 2 is 1.87 bits per heavy atom. The Labute approximate surface area is 128 Å². The van der Waals surface area contributed by atoms with Gasteiger partial charge in [0, 0.05) is 5.69 Å². The fourth-order valence-electron chi connectivity index (χ4n) is 1.89. The molecule has 120 valence electrons. The van der Waals surface area contributed by atoms with Crippen LogP contribution in [0.5, 0.6) is 0 Å². The summed E-state index contributed by atoms with van der Waals surface area (Å²) >= 11 is 0. The van der Waals surface area contributed by atoms with E-state index in [0.717, 1.165) is 12.1 Å². The van der Waals surface area contributed by atoms with Gasteiger partial charge in [-0.15, -0.1) is 0 Å². The van der Waals surface area contributed by atoms with E-state index in [1.165, 1.54) is 31.2 Å². The molecular formula is C15H11F3N2O3. The molecule has 0 saturated heterocycles. The maximum Gasteiger partial charge on any atom is 0.433 e. The number of carboxylic acid groups (broad SMARTS) is 1. The summed E-state index contributed by atoms with van der Waals surface area (Å²) in [6, 6.07) is 7.25. The molecule has 0 atom stereocenters. The number of carbonyl (C=O) groups excluding carboxylic acids is 1. The Balaban J connectivity index is 2.24. The zero-order valence-electron chi connectivity index (χ0n) is 11.8. The average Bonchev–Trinajstić information content (AvgIpc) is 2.46. The number of nitrogens with zero attached hydrogens (tertiary/aromatic N) is 1. The predicted molar refractivity (Wildman–Crippen MR) is 75.3 cm³/mol. The number of amides is 1. The number of carboxylic acids is 1. The molecule has 2 rings (SSSR count). The summed E-state index contributed by atoms with van der Waals surface area (Å²) in [5.74, 6) is -1.83. The van der Waals surface area contributed by atoms with E-state index < -0.39 is 23.7 Å². The highest BCUT2D eigenvalue weighted by Crippen LogP contribution is 2.28. The first-order valence-electron chi connectivity index (χ1n) is 6.38. The van der Waals surface area contributed by atoms with Crippen LogP contribution in [0, 0.1) is 6.92 Å². The second-order valence-corrected chi connectivity index (χ2v) is 4.67. The van der Waals surface area contributed by atoms with E-state index in [1.807, 2.05) is 0 Å². The van der Waals surface area contributed by atoms with Crippen molar-refractivity contribution in [2.75, 3.05) is 5.32 Å². The summed E-state index contributed by atoms with van der Waals surface area (Å²) in [5, 5.41) is 11.3. The van der Waals surface area contributed by atoms with Crippen molar-refractivity contribution in [1.82, 2.24) is 4.98 Å². The lowest BCUT2D eigenvalue weighted by Crippen LogP contribution is -2.16. The predicted octanol–water partition coefficient (Wildman–Crippen LogP) is 3.36. The molecule has 0 aliphatic heterocycles. The third-order valence-corrected chi connectivity index (χ3v) is 2.99. The Morgan fingerprint density at radius 3 is 2.43 bits per heavy atom. The number of halogens is 3. The first-order valence-corrected chi connectivity index (χ1v) is 6.38. The van der Waals surface area contributed by atoms with Gasteiger partial charge in [0.1, 0.15) is 5.69 Å². The van der Waals surface area contributed by atoms with Crippen LogP contribution in [0.4, 0.5) is 18.9 Å². The van der Waals surface area contributed by atoms with Crippen LogP contribution < -0.4 is 5.32 Å². The number of pyridine rings is 1. The maximum absolute atomic E-state index is 12.5. The fourth-order valence-corrected chi connectivity index (χ4v) is 1.89. The molecular weight excluding hydrogens is 313 g/mol. The van der Waals surface area contributed by atoms with Crippen LogP contribution in [0.15, 0.2) is 36.4 Å². The molecule has 0 fully saturated rings. The van der Waals surface area contributed by atoms with Gasteiger partial charge < -0.3 is 10.4 Å². The molecule has 1 aromatic heterocycles. The molecule has 0 saturated carbocycles. The van der Waals surface area contributed by atoms with Crippen molar-refractivity contribution < 1.29 is 27.9 Å². The van der Waals surface area contributed by atoms with E-state index in [4.69, 9.17) is 5.11 Å². The number of aromatic carboxylic acids is 1. The van der Waals surface area contributed by atoms with E-state index in [0.29, 0.717) is 0 Å². The van der Waals surface area contributed by atoms with Crippen LogP contribution >= 0.6 is 0 Å². The Hall–Kier alpha value is -2.90. The standard InChI is InChI=1S/C15H11F3N2O3/c1-8-11(5-6-12(19-8)15(16,17)18)13(21)20-10-4-2-3-9(7-10)14(22)23/h2-7H,1H3,(H,20,21)(H,22,23). The first kappa shape index (κ1) is 16.5. The van der Waals surface area contributed by atoms with Crippen LogP contribution in [0.1, 0.15) is 32.1 Å². The van der Waals surface area contributed by atoms with Crippen molar-refractivity contribution in [1.29, 1.82) is 0 Å². The van der Waals surface area contributed by atoms with Crippen LogP contribution in [0.3, 0.4) is 0 Å². The van der Waals surface area contributed by atoms with Gasteiger partial charge in [-0.25, -0.2) is 9.78 Å². The highest BCUT2D eigenvalue weighted by molar-refractivity contribution is 6.05. The molecule has 2 N–H and O–H groups in total. The third kappa shape index (κ3) is 3.85. The molecule has 0 radical (unpaired) electrons. The summed E-state index contributed by atoms with van der Waals surface area (Å²) in [4.78, 5) is 26.3. The minimum absolute atomic E-state index is 0.0231. The van der Waals surface area contributed by atoms with E-state index in [1.54, 1.807) is 0 Å². The molecule has 0 aliphatic carbocycles. The quantitative estimate of drug-likeness (QED) is 0.907. The van der Waals surface area contributed by atoms with Gasteiger partial charge in [0.2, 0.25) is 0 Å². The lowest BCUT2D eigenvalue weighted by Gasteiger charge is -2.10. The average molecular weight is 324 g/mol. The van der Waals surface area contributed by atoms with Gasteiger partial charge in [-0.1, -0.05) is 6.07 Å². The Kier molecular flexibility index (Phi) is 4.35. The monoisotopic (exact) mass is 324 g/mol. The maximum atomic E-state index is 12.5. The normalized spacial score (nSPS) is 11.1. The second-order valence-electron chi connectivity index (χ2n) is 4.67. The van der Waals surface area contributed by atoms with Crippen LogP contribution in [-0.4, -0.2) is 22.0 Å². The second kappa shape index (κ2) is 6.07. The topological polar surface area (TPSA) is 79.3 Å². The molecule has 0 spiro atoms. The number of anilines is 1. The SMILES string of the molecule is Cc1nc(C(F)(F)F)ccc1C(=O)Nc1cccc(C(=O)O)c1. The van der Waals surface area contributed by atoms with Crippen molar-refractivity contribution >= 4 is 17.6 Å². The lowest BCUT2D eigenvalue weighted by atomic mass is 10.1. The number of carbonyl (C=O) groups is 2. The zero-order valence-corrected chi connectivity index (χ0v) is 11.8. The molecule has 0 unspecified atom stereocenters. The van der Waals surface area contributed by atoms with Gasteiger partial charge in [-0.05, 0) is 37.3 Å². The van der Waals surface area contributed by atoms with Crippen molar-refractivity contribution in [3.05, 3.63) is 58.9 Å². The number of hydrogen-bond donors (Lipinski definition) is 2. The minimum Gasteiger partial charge on any atom is -0.478 e. The summed E-state index contributed by atoms with van der Waals surface area (Å²) < 4.78 is 37.6.